The number of benzene rings is 1. The van der Waals surface area contributed by atoms with Crippen LogP contribution in [0.5, 0.6) is 0 Å². The van der Waals surface area contributed by atoms with Crippen LogP contribution in [0.15, 0.2) is 36.5 Å². The molecule has 0 radical (unpaired) electrons. The van der Waals surface area contributed by atoms with E-state index in [4.69, 9.17) is 34.8 Å². The van der Waals surface area contributed by atoms with E-state index in [9.17, 15) is 4.79 Å². The Morgan fingerprint density at radius 1 is 1.08 bits per heavy atom. The maximum absolute atomic E-state index is 12.7. The summed E-state index contributed by atoms with van der Waals surface area (Å²) < 4.78 is -0.626. The van der Waals surface area contributed by atoms with E-state index in [2.05, 4.69) is 15.5 Å². The largest absolute Gasteiger partial charge is 0.377 e. The summed E-state index contributed by atoms with van der Waals surface area (Å²) in [6.45, 7) is 1.67. The zero-order valence-corrected chi connectivity index (χ0v) is 15.5. The molecule has 1 aromatic heterocycles. The number of ketones is 1. The predicted octanol–water partition coefficient (Wildman–Crippen LogP) is 3.43. The number of alkyl halides is 3. The lowest BCUT2D eigenvalue weighted by Crippen LogP contribution is -2.28. The van der Waals surface area contributed by atoms with Crippen LogP contribution in [0, 0.1) is 0 Å². The summed E-state index contributed by atoms with van der Waals surface area (Å²) >= 11 is 17.6. The number of carbonyl (C=O) groups excluding carboxylic acids is 1. The van der Waals surface area contributed by atoms with E-state index in [-0.39, 0.29) is 11.4 Å². The van der Waals surface area contributed by atoms with Gasteiger partial charge < -0.3 is 4.90 Å². The quantitative estimate of drug-likeness (QED) is 0.581. The Kier molecular flexibility index (Phi) is 5.61. The van der Waals surface area contributed by atoms with Gasteiger partial charge in [-0.1, -0.05) is 53.0 Å². The Balaban J connectivity index is 2.05. The van der Waals surface area contributed by atoms with E-state index in [1.165, 1.54) is 11.1 Å². The van der Waals surface area contributed by atoms with Crippen molar-refractivity contribution in [2.75, 3.05) is 13.1 Å². The first-order valence-corrected chi connectivity index (χ1v) is 9.02. The Morgan fingerprint density at radius 3 is 2.40 bits per heavy atom. The van der Waals surface area contributed by atoms with E-state index in [0.717, 1.165) is 25.9 Å². The van der Waals surface area contributed by atoms with Gasteiger partial charge in [0.2, 0.25) is 5.78 Å². The standard InChI is InChI=1S/C16H16Cl3N5O/c17-16(18,19)14(25)13(11-23-9-5-2-6-10-23)15-20-21-22-24(15)12-7-3-1-4-8-12/h1,3-4,7-8,11H,2,5-6,9-10H2/b13-11+. The fraction of sp³-hybridized carbons (Fsp3) is 0.375. The molecule has 132 valence electrons. The second-order valence-electron chi connectivity index (χ2n) is 5.72. The predicted molar refractivity (Wildman–Crippen MR) is 97.9 cm³/mol. The van der Waals surface area contributed by atoms with Crippen LogP contribution in [0.1, 0.15) is 25.1 Å². The molecule has 0 N–H and O–H groups in total. The lowest BCUT2D eigenvalue weighted by molar-refractivity contribution is -0.113. The normalized spacial score (nSPS) is 16.1. The van der Waals surface area contributed by atoms with Gasteiger partial charge in [0.25, 0.3) is 3.79 Å². The SMILES string of the molecule is O=C(/C(=C\N1CCCCC1)c1nnnn1-c1ccccc1)C(Cl)(Cl)Cl. The third-order valence-electron chi connectivity index (χ3n) is 3.92. The number of piperidine rings is 1. The van der Waals surface area contributed by atoms with Gasteiger partial charge in [-0.3, -0.25) is 4.79 Å². The molecule has 1 aromatic carbocycles. The minimum Gasteiger partial charge on any atom is -0.377 e. The van der Waals surface area contributed by atoms with Crippen LogP contribution in [0.4, 0.5) is 0 Å². The zero-order valence-electron chi connectivity index (χ0n) is 13.3. The molecular formula is C16H16Cl3N5O. The molecule has 1 aliphatic rings. The minimum atomic E-state index is -2.09. The zero-order chi connectivity index (χ0) is 17.9. The van der Waals surface area contributed by atoms with Crippen molar-refractivity contribution in [3.63, 3.8) is 0 Å². The molecular weight excluding hydrogens is 385 g/mol. The van der Waals surface area contributed by atoms with Crippen molar-refractivity contribution in [1.82, 2.24) is 25.1 Å². The summed E-state index contributed by atoms with van der Waals surface area (Å²) in [7, 11) is 0. The molecule has 0 spiro atoms. The van der Waals surface area contributed by atoms with Crippen molar-refractivity contribution in [1.29, 1.82) is 0 Å². The van der Waals surface area contributed by atoms with Crippen LogP contribution in [0.2, 0.25) is 0 Å². The number of aromatic nitrogens is 4. The molecule has 25 heavy (non-hydrogen) atoms. The van der Waals surface area contributed by atoms with Crippen LogP contribution in [0.3, 0.4) is 0 Å². The summed E-state index contributed by atoms with van der Waals surface area (Å²) in [5.74, 6) is -0.414. The monoisotopic (exact) mass is 399 g/mol. The summed E-state index contributed by atoms with van der Waals surface area (Å²) in [5.41, 5.74) is 0.889. The van der Waals surface area contributed by atoms with Crippen LogP contribution in [-0.4, -0.2) is 47.8 Å². The number of nitrogens with zero attached hydrogens (tertiary/aromatic N) is 5. The van der Waals surface area contributed by atoms with Gasteiger partial charge in [0.15, 0.2) is 5.82 Å². The highest BCUT2D eigenvalue weighted by atomic mass is 35.6. The summed E-state index contributed by atoms with van der Waals surface area (Å²) in [6.07, 6.45) is 4.97. The van der Waals surface area contributed by atoms with Gasteiger partial charge >= 0.3 is 0 Å². The van der Waals surface area contributed by atoms with Gasteiger partial charge in [0.1, 0.15) is 0 Å². The van der Waals surface area contributed by atoms with Crippen LogP contribution < -0.4 is 0 Å². The average Bonchev–Trinajstić information content (AvgIpc) is 3.09. The van der Waals surface area contributed by atoms with Gasteiger partial charge in [-0.25, -0.2) is 0 Å². The lowest BCUT2D eigenvalue weighted by atomic mass is 10.1. The molecule has 2 aromatic rings. The summed E-state index contributed by atoms with van der Waals surface area (Å²) in [6, 6.07) is 9.25. The molecule has 0 atom stereocenters. The van der Waals surface area contributed by atoms with Crippen LogP contribution >= 0.6 is 34.8 Å². The highest BCUT2D eigenvalue weighted by Crippen LogP contribution is 2.34. The number of tetrazole rings is 1. The van der Waals surface area contributed by atoms with E-state index in [0.29, 0.717) is 5.69 Å². The highest BCUT2D eigenvalue weighted by molar-refractivity contribution is 6.79. The smallest absolute Gasteiger partial charge is 0.253 e. The van der Waals surface area contributed by atoms with Gasteiger partial charge in [-0.15, -0.1) is 5.10 Å². The first-order valence-electron chi connectivity index (χ1n) is 7.88. The van der Waals surface area contributed by atoms with Crippen molar-refractivity contribution in [2.45, 2.75) is 23.1 Å². The number of Topliss-reactive ketones (excluding diaryl/α,β-unsaturated/α-hetero) is 1. The molecule has 0 amide bonds. The fourth-order valence-electron chi connectivity index (χ4n) is 2.70. The van der Waals surface area contributed by atoms with E-state index >= 15 is 0 Å². The molecule has 0 bridgehead atoms. The number of hydrogen-bond acceptors (Lipinski definition) is 5. The molecule has 1 saturated heterocycles. The van der Waals surface area contributed by atoms with E-state index in [1.807, 2.05) is 35.2 Å². The number of carbonyl (C=O) groups is 1. The van der Waals surface area contributed by atoms with Crippen molar-refractivity contribution in [3.8, 4) is 5.69 Å². The van der Waals surface area contributed by atoms with E-state index < -0.39 is 9.58 Å². The van der Waals surface area contributed by atoms with Crippen molar-refractivity contribution < 1.29 is 4.79 Å². The molecule has 0 unspecified atom stereocenters. The second-order valence-corrected chi connectivity index (χ2v) is 8.00. The maximum Gasteiger partial charge on any atom is 0.253 e. The number of para-hydroxylation sites is 1. The van der Waals surface area contributed by atoms with Crippen molar-refractivity contribution in [2.24, 2.45) is 0 Å². The topological polar surface area (TPSA) is 63.9 Å². The molecule has 0 saturated carbocycles. The Morgan fingerprint density at radius 2 is 1.76 bits per heavy atom. The van der Waals surface area contributed by atoms with Gasteiger partial charge in [0.05, 0.1) is 11.3 Å². The molecule has 0 aliphatic carbocycles. The lowest BCUT2D eigenvalue weighted by Gasteiger charge is -2.26. The van der Waals surface area contributed by atoms with Crippen molar-refractivity contribution in [3.05, 3.63) is 42.4 Å². The molecule has 1 aliphatic heterocycles. The van der Waals surface area contributed by atoms with Gasteiger partial charge in [-0.2, -0.15) is 4.68 Å². The number of rotatable bonds is 4. The van der Waals surface area contributed by atoms with Gasteiger partial charge in [-0.05, 0) is 41.8 Å². The highest BCUT2D eigenvalue weighted by Gasteiger charge is 2.36. The van der Waals surface area contributed by atoms with Gasteiger partial charge in [0, 0.05) is 19.3 Å². The number of hydrogen-bond donors (Lipinski definition) is 0. The first-order chi connectivity index (χ1) is 12.0. The maximum atomic E-state index is 12.7. The number of halogens is 3. The molecule has 3 rings (SSSR count). The summed E-state index contributed by atoms with van der Waals surface area (Å²) in [4.78, 5) is 14.8. The first kappa shape index (κ1) is 18.2. The molecule has 2 heterocycles. The Labute approximate surface area is 160 Å². The van der Waals surface area contributed by atoms with Crippen molar-refractivity contribution >= 4 is 46.2 Å². The summed E-state index contributed by atoms with van der Waals surface area (Å²) in [5, 5.41) is 11.7. The third-order valence-corrected chi connectivity index (χ3v) is 4.43. The van der Waals surface area contributed by atoms with Crippen LogP contribution in [-0.2, 0) is 4.79 Å². The average molecular weight is 401 g/mol. The van der Waals surface area contributed by atoms with E-state index in [1.54, 1.807) is 6.20 Å². The second kappa shape index (κ2) is 7.72. The number of likely N-dealkylation sites (tertiary alicyclic amines) is 1. The number of allylic oxidation sites excluding steroid dienone is 1. The molecule has 6 nitrogen and oxygen atoms in total. The fourth-order valence-corrected chi connectivity index (χ4v) is 3.00. The Bertz CT molecular complexity index is 764. The molecule has 9 heteroatoms. The minimum absolute atomic E-state index is 0.177. The third kappa shape index (κ3) is 4.32. The molecule has 1 fully saturated rings. The van der Waals surface area contributed by atoms with Crippen LogP contribution in [0.25, 0.3) is 11.3 Å². The Hall–Kier alpha value is -1.63.